The van der Waals surface area contributed by atoms with Crippen LogP contribution in [-0.4, -0.2) is 41.1 Å². The molecule has 1 N–H and O–H groups in total. The molecule has 144 valence electrons. The van der Waals surface area contributed by atoms with E-state index in [1.165, 1.54) is 16.1 Å². The fraction of sp³-hybridized carbons (Fsp3) is 0.333. The molecular formula is C21H23N5O2. The quantitative estimate of drug-likeness (QED) is 0.882. The number of aromatic nitrogens is 1. The van der Waals surface area contributed by atoms with Gasteiger partial charge in [-0.3, -0.25) is 9.59 Å². The number of hydrogen-bond donors (Lipinski definition) is 1. The molecule has 0 spiro atoms. The molecule has 2 amide bonds. The van der Waals surface area contributed by atoms with E-state index in [4.69, 9.17) is 0 Å². The highest BCUT2D eigenvalue weighted by molar-refractivity contribution is 6.39. The second-order valence-electron chi connectivity index (χ2n) is 7.11. The van der Waals surface area contributed by atoms with Crippen molar-refractivity contribution in [2.24, 2.45) is 5.10 Å². The highest BCUT2D eigenvalue weighted by Gasteiger charge is 2.22. The first-order valence-electron chi connectivity index (χ1n) is 9.49. The number of amides is 2. The summed E-state index contributed by atoms with van der Waals surface area (Å²) in [5.74, 6) is 0.633. The number of hydrogen-bond acceptors (Lipinski definition) is 5. The van der Waals surface area contributed by atoms with Gasteiger partial charge in [-0.1, -0.05) is 30.3 Å². The second-order valence-corrected chi connectivity index (χ2v) is 7.11. The first kappa shape index (κ1) is 18.2. The minimum absolute atomic E-state index is 0.0725. The van der Waals surface area contributed by atoms with Crippen LogP contribution in [0.2, 0.25) is 0 Å². The molecule has 2 aliphatic heterocycles. The maximum atomic E-state index is 12.2. The van der Waals surface area contributed by atoms with E-state index in [2.05, 4.69) is 44.6 Å². The van der Waals surface area contributed by atoms with Gasteiger partial charge < -0.3 is 10.2 Å². The van der Waals surface area contributed by atoms with E-state index in [9.17, 15) is 9.59 Å². The van der Waals surface area contributed by atoms with Gasteiger partial charge >= 0.3 is 0 Å². The van der Waals surface area contributed by atoms with Gasteiger partial charge in [0.1, 0.15) is 11.5 Å². The predicted molar refractivity (Wildman–Crippen MR) is 107 cm³/mol. The summed E-state index contributed by atoms with van der Waals surface area (Å²) in [5.41, 5.74) is 4.08. The number of benzene rings is 1. The van der Waals surface area contributed by atoms with E-state index in [0.717, 1.165) is 30.9 Å². The summed E-state index contributed by atoms with van der Waals surface area (Å²) >= 11 is 0. The number of rotatable bonds is 4. The summed E-state index contributed by atoms with van der Waals surface area (Å²) in [6.45, 7) is 2.20. The molecule has 3 heterocycles. The Morgan fingerprint density at radius 3 is 2.68 bits per heavy atom. The Morgan fingerprint density at radius 2 is 1.93 bits per heavy atom. The highest BCUT2D eigenvalue weighted by atomic mass is 16.2. The fourth-order valence-corrected chi connectivity index (χ4v) is 3.52. The van der Waals surface area contributed by atoms with Gasteiger partial charge in [-0.15, -0.1) is 0 Å². The Morgan fingerprint density at radius 1 is 1.11 bits per heavy atom. The molecule has 2 aliphatic rings. The maximum Gasteiger partial charge on any atom is 0.267 e. The number of fused-ring (bicyclic) bond motifs is 1. The van der Waals surface area contributed by atoms with Crippen LogP contribution < -0.4 is 10.2 Å². The minimum atomic E-state index is -0.240. The van der Waals surface area contributed by atoms with Gasteiger partial charge in [-0.2, -0.15) is 5.10 Å². The van der Waals surface area contributed by atoms with Crippen LogP contribution in [0.3, 0.4) is 0 Å². The lowest BCUT2D eigenvalue weighted by molar-refractivity contribution is -0.130. The number of carbonyl (C=O) groups excluding carboxylic acids is 2. The van der Waals surface area contributed by atoms with E-state index in [-0.39, 0.29) is 11.8 Å². The highest BCUT2D eigenvalue weighted by Crippen LogP contribution is 2.23. The van der Waals surface area contributed by atoms with Crippen LogP contribution in [0, 0.1) is 0 Å². The lowest BCUT2D eigenvalue weighted by atomic mass is 10.00. The van der Waals surface area contributed by atoms with E-state index in [1.54, 1.807) is 13.2 Å². The first-order chi connectivity index (χ1) is 13.6. The third kappa shape index (κ3) is 3.88. The lowest BCUT2D eigenvalue weighted by Crippen LogP contribution is -2.37. The van der Waals surface area contributed by atoms with Crippen LogP contribution in [0.1, 0.15) is 29.5 Å². The Labute approximate surface area is 164 Å². The normalized spacial score (nSPS) is 16.5. The number of hydrazone groups is 1. The third-order valence-electron chi connectivity index (χ3n) is 5.19. The van der Waals surface area contributed by atoms with Crippen LogP contribution in [0.5, 0.6) is 0 Å². The monoisotopic (exact) mass is 377 g/mol. The number of nitrogens with one attached hydrogen (secondary N) is 1. The zero-order valence-corrected chi connectivity index (χ0v) is 15.9. The molecule has 0 bridgehead atoms. The molecule has 1 aromatic heterocycles. The van der Waals surface area contributed by atoms with Gasteiger partial charge in [-0.05, 0) is 29.2 Å². The van der Waals surface area contributed by atoms with Gasteiger partial charge in [0, 0.05) is 45.7 Å². The van der Waals surface area contributed by atoms with Crippen LogP contribution in [0.4, 0.5) is 5.82 Å². The van der Waals surface area contributed by atoms with Gasteiger partial charge in [0.25, 0.3) is 5.91 Å². The van der Waals surface area contributed by atoms with Crippen LogP contribution in [0.15, 0.2) is 47.7 Å². The molecule has 0 radical (unpaired) electrons. The number of nitrogens with zero attached hydrogens (tertiary/aromatic N) is 4. The Kier molecular flexibility index (Phi) is 5.06. The molecule has 0 saturated carbocycles. The van der Waals surface area contributed by atoms with Gasteiger partial charge in [0.2, 0.25) is 5.91 Å². The molecule has 0 saturated heterocycles. The van der Waals surface area contributed by atoms with Crippen molar-refractivity contribution in [1.82, 2.24) is 15.3 Å². The second kappa shape index (κ2) is 7.80. The molecule has 0 atom stereocenters. The van der Waals surface area contributed by atoms with Crippen molar-refractivity contribution in [3.8, 4) is 0 Å². The van der Waals surface area contributed by atoms with Gasteiger partial charge in [0.05, 0.1) is 0 Å². The maximum absolute atomic E-state index is 12.2. The summed E-state index contributed by atoms with van der Waals surface area (Å²) in [4.78, 5) is 30.5. The molecule has 7 nitrogen and oxygen atoms in total. The summed E-state index contributed by atoms with van der Waals surface area (Å²) in [6.07, 6.45) is 3.52. The fourth-order valence-electron chi connectivity index (χ4n) is 3.52. The average molecular weight is 377 g/mol. The lowest BCUT2D eigenvalue weighted by Gasteiger charge is -2.29. The van der Waals surface area contributed by atoms with Crippen LogP contribution in [0.25, 0.3) is 0 Å². The largest absolute Gasteiger partial charge is 0.352 e. The summed E-state index contributed by atoms with van der Waals surface area (Å²) in [6, 6.07) is 12.5. The first-order valence-corrected chi connectivity index (χ1v) is 9.49. The van der Waals surface area contributed by atoms with E-state index in [1.807, 2.05) is 12.1 Å². The van der Waals surface area contributed by atoms with E-state index >= 15 is 0 Å². The van der Waals surface area contributed by atoms with Crippen molar-refractivity contribution < 1.29 is 9.59 Å². The zero-order valence-electron chi connectivity index (χ0n) is 15.9. The standard InChI is InChI=1S/C21H23N5O2/c1-25-20(27)9-7-18(24-25)21(28)23-13-15-6-8-19(22-12-15)26-11-10-16-4-2-3-5-17(16)14-26/h2-6,8,12H,7,9-11,13-14H2,1H3,(H,23,28). The van der Waals surface area contributed by atoms with E-state index < -0.39 is 0 Å². The third-order valence-corrected chi connectivity index (χ3v) is 5.19. The molecule has 7 heteroatoms. The van der Waals surface area contributed by atoms with Crippen molar-refractivity contribution in [3.63, 3.8) is 0 Å². The topological polar surface area (TPSA) is 77.9 Å². The summed E-state index contributed by atoms with van der Waals surface area (Å²) in [7, 11) is 1.57. The Bertz CT molecular complexity index is 923. The van der Waals surface area contributed by atoms with Gasteiger partial charge in [-0.25, -0.2) is 9.99 Å². The number of carbonyl (C=O) groups is 2. The van der Waals surface area contributed by atoms with Crippen molar-refractivity contribution in [2.75, 3.05) is 18.5 Å². The molecular weight excluding hydrogens is 354 g/mol. The van der Waals surface area contributed by atoms with Crippen LogP contribution in [-0.2, 0) is 29.1 Å². The van der Waals surface area contributed by atoms with Crippen molar-refractivity contribution in [1.29, 1.82) is 0 Å². The van der Waals surface area contributed by atoms with Crippen molar-refractivity contribution in [3.05, 3.63) is 59.3 Å². The van der Waals surface area contributed by atoms with Crippen LogP contribution >= 0.6 is 0 Å². The predicted octanol–water partition coefficient (Wildman–Crippen LogP) is 1.87. The molecule has 0 unspecified atom stereocenters. The summed E-state index contributed by atoms with van der Waals surface area (Å²) in [5, 5.41) is 8.12. The minimum Gasteiger partial charge on any atom is -0.352 e. The molecule has 0 fully saturated rings. The van der Waals surface area contributed by atoms with Crippen molar-refractivity contribution >= 4 is 23.3 Å². The molecule has 2 aromatic rings. The Balaban J connectivity index is 1.35. The smallest absolute Gasteiger partial charge is 0.267 e. The molecule has 28 heavy (non-hydrogen) atoms. The molecule has 4 rings (SSSR count). The summed E-state index contributed by atoms with van der Waals surface area (Å²) < 4.78 is 0. The Hall–Kier alpha value is -3.22. The average Bonchev–Trinajstić information content (AvgIpc) is 2.74. The molecule has 0 aliphatic carbocycles. The molecule has 1 aromatic carbocycles. The number of anilines is 1. The van der Waals surface area contributed by atoms with Crippen molar-refractivity contribution in [2.45, 2.75) is 32.4 Å². The number of pyridine rings is 1. The zero-order chi connectivity index (χ0) is 19.5. The SMILES string of the molecule is CN1N=C(C(=O)NCc2ccc(N3CCc4ccccc4C3)nc2)CCC1=O. The van der Waals surface area contributed by atoms with Gasteiger partial charge in [0.15, 0.2) is 0 Å². The van der Waals surface area contributed by atoms with E-state index in [0.29, 0.717) is 25.1 Å².